The van der Waals surface area contributed by atoms with Gasteiger partial charge in [-0.2, -0.15) is 0 Å². The summed E-state index contributed by atoms with van der Waals surface area (Å²) >= 11 is 0. The molecule has 0 spiro atoms. The van der Waals surface area contributed by atoms with Crippen LogP contribution >= 0.6 is 0 Å². The monoisotopic (exact) mass is 366 g/mol. The van der Waals surface area contributed by atoms with Crippen LogP contribution in [-0.2, 0) is 14.3 Å². The number of para-hydroxylation sites is 2. The molecule has 0 saturated carbocycles. The molecular formula is C18H26N2O6. The highest BCUT2D eigenvalue weighted by atomic mass is 16.5. The van der Waals surface area contributed by atoms with Crippen molar-refractivity contribution in [3.05, 3.63) is 24.3 Å². The van der Waals surface area contributed by atoms with E-state index in [2.05, 4.69) is 0 Å². The van der Waals surface area contributed by atoms with Crippen molar-refractivity contribution in [2.75, 3.05) is 53.0 Å². The fourth-order valence-electron chi connectivity index (χ4n) is 2.77. The lowest BCUT2D eigenvalue weighted by Gasteiger charge is -2.34. The quantitative estimate of drug-likeness (QED) is 0.688. The van der Waals surface area contributed by atoms with Gasteiger partial charge in [-0.15, -0.1) is 0 Å². The summed E-state index contributed by atoms with van der Waals surface area (Å²) in [6.45, 7) is 4.04. The lowest BCUT2D eigenvalue weighted by molar-refractivity contribution is -0.143. The molecule has 26 heavy (non-hydrogen) atoms. The van der Waals surface area contributed by atoms with Crippen LogP contribution in [0.25, 0.3) is 0 Å². The minimum Gasteiger partial charge on any atom is -0.490 e. The number of aliphatic carboxylic acids is 1. The Balaban J connectivity index is 1.84. The first-order valence-corrected chi connectivity index (χ1v) is 8.64. The largest absolute Gasteiger partial charge is 0.490 e. The molecule has 8 nitrogen and oxygen atoms in total. The van der Waals surface area contributed by atoms with E-state index in [1.165, 1.54) is 0 Å². The van der Waals surface area contributed by atoms with Gasteiger partial charge in [-0.25, -0.2) is 0 Å². The third-order valence-electron chi connectivity index (χ3n) is 3.91. The number of rotatable bonds is 9. The number of morpholine rings is 1. The third-order valence-corrected chi connectivity index (χ3v) is 3.91. The number of amides is 1. The standard InChI is InChI=1S/C18H26N2O6/c1-3-24-15-6-4-5-7-16(15)26-13-17(21)20-8-9-25-14(11-20)10-19(2)12-18(22)23/h4-7,14H,3,8-13H2,1-2H3,(H,22,23). The first-order chi connectivity index (χ1) is 12.5. The van der Waals surface area contributed by atoms with Gasteiger partial charge in [0.15, 0.2) is 18.1 Å². The topological polar surface area (TPSA) is 88.5 Å². The highest BCUT2D eigenvalue weighted by Gasteiger charge is 2.26. The van der Waals surface area contributed by atoms with Gasteiger partial charge in [0.2, 0.25) is 0 Å². The second-order valence-electron chi connectivity index (χ2n) is 6.09. The van der Waals surface area contributed by atoms with E-state index in [9.17, 15) is 9.59 Å². The first kappa shape index (κ1) is 20.0. The Kier molecular flexibility index (Phi) is 7.68. The zero-order valence-electron chi connectivity index (χ0n) is 15.2. The molecule has 2 rings (SSSR count). The van der Waals surface area contributed by atoms with Crippen molar-refractivity contribution in [1.29, 1.82) is 0 Å². The summed E-state index contributed by atoms with van der Waals surface area (Å²) in [5.41, 5.74) is 0. The average Bonchev–Trinajstić information content (AvgIpc) is 2.60. The Morgan fingerprint density at radius 1 is 1.31 bits per heavy atom. The second kappa shape index (κ2) is 9.98. The number of carbonyl (C=O) groups is 2. The molecule has 1 aliphatic heterocycles. The average molecular weight is 366 g/mol. The molecule has 0 radical (unpaired) electrons. The van der Waals surface area contributed by atoms with Crippen molar-refractivity contribution in [3.63, 3.8) is 0 Å². The molecule has 1 fully saturated rings. The van der Waals surface area contributed by atoms with E-state index in [0.29, 0.717) is 44.3 Å². The molecule has 144 valence electrons. The van der Waals surface area contributed by atoms with E-state index in [0.717, 1.165) is 0 Å². The van der Waals surface area contributed by atoms with Crippen LogP contribution in [0, 0.1) is 0 Å². The van der Waals surface area contributed by atoms with Crippen LogP contribution in [-0.4, -0.2) is 85.9 Å². The second-order valence-corrected chi connectivity index (χ2v) is 6.09. The molecule has 8 heteroatoms. The Hall–Kier alpha value is -2.32. The number of carbonyl (C=O) groups excluding carboxylic acids is 1. The van der Waals surface area contributed by atoms with Crippen LogP contribution in [0.5, 0.6) is 11.5 Å². The molecule has 1 amide bonds. The minimum atomic E-state index is -0.891. The van der Waals surface area contributed by atoms with Gasteiger partial charge in [0, 0.05) is 19.6 Å². The van der Waals surface area contributed by atoms with Crippen LogP contribution in [0.3, 0.4) is 0 Å². The van der Waals surface area contributed by atoms with Gasteiger partial charge >= 0.3 is 5.97 Å². The minimum absolute atomic E-state index is 0.0644. The number of nitrogens with zero attached hydrogens (tertiary/aromatic N) is 2. The molecule has 1 N–H and O–H groups in total. The summed E-state index contributed by atoms with van der Waals surface area (Å²) in [5.74, 6) is 0.120. The Bertz CT molecular complexity index is 609. The summed E-state index contributed by atoms with van der Waals surface area (Å²) in [5, 5.41) is 8.82. The van der Waals surface area contributed by atoms with Gasteiger partial charge in [-0.1, -0.05) is 12.1 Å². The lowest BCUT2D eigenvalue weighted by atomic mass is 10.2. The van der Waals surface area contributed by atoms with Crippen LogP contribution < -0.4 is 9.47 Å². The first-order valence-electron chi connectivity index (χ1n) is 8.64. The predicted octanol–water partition coefficient (Wildman–Crippen LogP) is 0.708. The Morgan fingerprint density at radius 2 is 2.00 bits per heavy atom. The fraction of sp³-hybridized carbons (Fsp3) is 0.556. The summed E-state index contributed by atoms with van der Waals surface area (Å²) < 4.78 is 16.7. The van der Waals surface area contributed by atoms with Crippen molar-refractivity contribution >= 4 is 11.9 Å². The van der Waals surface area contributed by atoms with Gasteiger partial charge in [0.1, 0.15) is 0 Å². The van der Waals surface area contributed by atoms with Crippen LogP contribution in [0.4, 0.5) is 0 Å². The van der Waals surface area contributed by atoms with Gasteiger partial charge in [-0.05, 0) is 26.1 Å². The van der Waals surface area contributed by atoms with Gasteiger partial charge < -0.3 is 24.2 Å². The maximum Gasteiger partial charge on any atom is 0.317 e. The van der Waals surface area contributed by atoms with Gasteiger partial charge in [0.05, 0.1) is 25.9 Å². The van der Waals surface area contributed by atoms with E-state index < -0.39 is 5.97 Å². The molecule has 1 aliphatic rings. The highest BCUT2D eigenvalue weighted by Crippen LogP contribution is 2.26. The number of hydrogen-bond donors (Lipinski definition) is 1. The zero-order valence-corrected chi connectivity index (χ0v) is 15.2. The molecule has 1 saturated heterocycles. The molecule has 1 unspecified atom stereocenters. The summed E-state index contributed by atoms with van der Waals surface area (Å²) in [7, 11) is 1.71. The normalized spacial score (nSPS) is 17.2. The lowest BCUT2D eigenvalue weighted by Crippen LogP contribution is -2.50. The van der Waals surface area contributed by atoms with E-state index in [1.807, 2.05) is 19.1 Å². The van der Waals surface area contributed by atoms with E-state index in [4.69, 9.17) is 19.3 Å². The predicted molar refractivity (Wildman–Crippen MR) is 94.6 cm³/mol. The zero-order chi connectivity index (χ0) is 18.9. The fourth-order valence-corrected chi connectivity index (χ4v) is 2.77. The highest BCUT2D eigenvalue weighted by molar-refractivity contribution is 5.78. The summed E-state index contributed by atoms with van der Waals surface area (Å²) in [4.78, 5) is 26.5. The van der Waals surface area contributed by atoms with Crippen molar-refractivity contribution in [3.8, 4) is 11.5 Å². The molecule has 1 aromatic carbocycles. The van der Waals surface area contributed by atoms with E-state index in [-0.39, 0.29) is 25.2 Å². The van der Waals surface area contributed by atoms with Gasteiger partial charge in [-0.3, -0.25) is 14.5 Å². The number of hydrogen-bond acceptors (Lipinski definition) is 6. The van der Waals surface area contributed by atoms with Crippen molar-refractivity contribution in [2.24, 2.45) is 0 Å². The maximum atomic E-state index is 12.4. The number of benzene rings is 1. The molecular weight excluding hydrogens is 340 g/mol. The number of carboxylic acids is 1. The number of carboxylic acid groups (broad SMARTS) is 1. The summed E-state index contributed by atoms with van der Waals surface area (Å²) in [6, 6.07) is 7.23. The number of ether oxygens (including phenoxy) is 3. The molecule has 1 atom stereocenters. The SMILES string of the molecule is CCOc1ccccc1OCC(=O)N1CCOC(CN(C)CC(=O)O)C1. The number of likely N-dealkylation sites (N-methyl/N-ethyl adjacent to an activating group) is 1. The molecule has 0 bridgehead atoms. The maximum absolute atomic E-state index is 12.4. The van der Waals surface area contributed by atoms with E-state index in [1.54, 1.807) is 29.0 Å². The van der Waals surface area contributed by atoms with Crippen LogP contribution in [0.15, 0.2) is 24.3 Å². The van der Waals surface area contributed by atoms with Crippen LogP contribution in [0.1, 0.15) is 6.92 Å². The summed E-state index contributed by atoms with van der Waals surface area (Å²) in [6.07, 6.45) is -0.215. The third kappa shape index (κ3) is 6.20. The van der Waals surface area contributed by atoms with Gasteiger partial charge in [0.25, 0.3) is 5.91 Å². The van der Waals surface area contributed by atoms with Crippen molar-refractivity contribution in [1.82, 2.24) is 9.80 Å². The molecule has 1 heterocycles. The van der Waals surface area contributed by atoms with Crippen molar-refractivity contribution < 1.29 is 28.9 Å². The smallest absolute Gasteiger partial charge is 0.317 e. The van der Waals surface area contributed by atoms with Crippen LogP contribution in [0.2, 0.25) is 0 Å². The van der Waals surface area contributed by atoms with Crippen molar-refractivity contribution in [2.45, 2.75) is 13.0 Å². The Labute approximate surface area is 153 Å². The molecule has 0 aromatic heterocycles. The Morgan fingerprint density at radius 3 is 2.65 bits per heavy atom. The molecule has 1 aromatic rings. The molecule has 0 aliphatic carbocycles. The van der Waals surface area contributed by atoms with E-state index >= 15 is 0 Å².